The highest BCUT2D eigenvalue weighted by Crippen LogP contribution is 2.30. The van der Waals surface area contributed by atoms with E-state index in [1.807, 2.05) is 6.07 Å². The zero-order valence-electron chi connectivity index (χ0n) is 13.7. The van der Waals surface area contributed by atoms with E-state index in [9.17, 15) is 4.39 Å². The summed E-state index contributed by atoms with van der Waals surface area (Å²) in [4.78, 5) is 2.55. The van der Waals surface area contributed by atoms with Gasteiger partial charge in [0.05, 0.1) is 0 Å². The van der Waals surface area contributed by atoms with Gasteiger partial charge in [0.2, 0.25) is 0 Å². The largest absolute Gasteiger partial charge is 0.310 e. The van der Waals surface area contributed by atoms with Gasteiger partial charge in [-0.3, -0.25) is 0 Å². The lowest BCUT2D eigenvalue weighted by molar-refractivity contribution is 0.128. The van der Waals surface area contributed by atoms with E-state index in [4.69, 9.17) is 0 Å². The van der Waals surface area contributed by atoms with E-state index < -0.39 is 0 Å². The molecule has 1 atom stereocenters. The van der Waals surface area contributed by atoms with E-state index in [-0.39, 0.29) is 11.9 Å². The van der Waals surface area contributed by atoms with Crippen LogP contribution in [0.15, 0.2) is 24.3 Å². The molecule has 0 saturated carbocycles. The van der Waals surface area contributed by atoms with E-state index in [2.05, 4.69) is 31.0 Å². The van der Waals surface area contributed by atoms with Gasteiger partial charge in [0.15, 0.2) is 0 Å². The Hall–Kier alpha value is -0.930. The number of benzene rings is 1. The normalized spacial score (nSPS) is 20.4. The summed E-state index contributed by atoms with van der Waals surface area (Å²) in [6, 6.07) is 7.25. The average Bonchev–Trinajstić information content (AvgIpc) is 2.44. The summed E-state index contributed by atoms with van der Waals surface area (Å²) in [7, 11) is 0. The van der Waals surface area contributed by atoms with E-state index in [0.717, 1.165) is 25.1 Å². The first-order chi connectivity index (χ1) is 10.00. The average molecular weight is 292 g/mol. The van der Waals surface area contributed by atoms with Gasteiger partial charge < -0.3 is 10.2 Å². The summed E-state index contributed by atoms with van der Waals surface area (Å²) >= 11 is 0. The van der Waals surface area contributed by atoms with Crippen LogP contribution in [0.2, 0.25) is 0 Å². The molecular formula is C18H29FN2. The van der Waals surface area contributed by atoms with E-state index in [1.165, 1.54) is 32.0 Å². The molecule has 1 aliphatic rings. The molecule has 2 rings (SSSR count). The lowest BCUT2D eigenvalue weighted by atomic mass is 9.82. The number of hydrogen-bond donors (Lipinski definition) is 1. The predicted octanol–water partition coefficient (Wildman–Crippen LogP) is 3.99. The van der Waals surface area contributed by atoms with Gasteiger partial charge in [-0.15, -0.1) is 0 Å². The minimum Gasteiger partial charge on any atom is -0.310 e. The number of nitrogens with one attached hydrogen (secondary N) is 1. The van der Waals surface area contributed by atoms with Crippen LogP contribution in [0.1, 0.15) is 51.6 Å². The van der Waals surface area contributed by atoms with Crippen LogP contribution in [0.25, 0.3) is 0 Å². The van der Waals surface area contributed by atoms with Crippen LogP contribution in [0, 0.1) is 11.2 Å². The summed E-state index contributed by atoms with van der Waals surface area (Å²) in [6.45, 7) is 11.2. The molecule has 118 valence electrons. The number of halogens is 1. The van der Waals surface area contributed by atoms with Crippen molar-refractivity contribution in [3.05, 3.63) is 35.6 Å². The van der Waals surface area contributed by atoms with Crippen LogP contribution in [0.5, 0.6) is 0 Å². The van der Waals surface area contributed by atoms with Crippen molar-refractivity contribution in [1.82, 2.24) is 10.2 Å². The molecule has 1 aromatic rings. The van der Waals surface area contributed by atoms with Crippen LogP contribution >= 0.6 is 0 Å². The Bertz CT molecular complexity index is 435. The summed E-state index contributed by atoms with van der Waals surface area (Å²) in [5, 5.41) is 3.49. The third-order valence-corrected chi connectivity index (χ3v) is 4.65. The van der Waals surface area contributed by atoms with E-state index >= 15 is 0 Å². The first-order valence-corrected chi connectivity index (χ1v) is 8.21. The molecule has 1 N–H and O–H groups in total. The molecule has 0 radical (unpaired) electrons. The first-order valence-electron chi connectivity index (χ1n) is 8.21. The highest BCUT2D eigenvalue weighted by atomic mass is 19.1. The Morgan fingerprint density at radius 1 is 1.29 bits per heavy atom. The van der Waals surface area contributed by atoms with Crippen molar-refractivity contribution < 1.29 is 4.39 Å². The second kappa shape index (κ2) is 7.37. The number of nitrogens with zero attached hydrogens (tertiary/aromatic N) is 1. The second-order valence-corrected chi connectivity index (χ2v) is 6.96. The standard InChI is InChI=1S/C18H29FN2/c1-4-20-17(15-6-5-7-16(19)14-15)8-11-21-12-9-18(2,3)10-13-21/h5-7,14,17,20H,4,8-13H2,1-3H3. The number of likely N-dealkylation sites (tertiary alicyclic amines) is 1. The van der Waals surface area contributed by atoms with Crippen molar-refractivity contribution in [1.29, 1.82) is 0 Å². The molecule has 1 aromatic carbocycles. The molecule has 1 unspecified atom stereocenters. The van der Waals surface area contributed by atoms with Crippen molar-refractivity contribution >= 4 is 0 Å². The van der Waals surface area contributed by atoms with Crippen molar-refractivity contribution in [3.8, 4) is 0 Å². The molecule has 1 aliphatic heterocycles. The quantitative estimate of drug-likeness (QED) is 0.853. The maximum Gasteiger partial charge on any atom is 0.123 e. The molecule has 0 spiro atoms. The van der Waals surface area contributed by atoms with E-state index in [1.54, 1.807) is 12.1 Å². The molecule has 0 bridgehead atoms. The molecule has 1 saturated heterocycles. The van der Waals surface area contributed by atoms with Gasteiger partial charge in [-0.1, -0.05) is 32.9 Å². The fourth-order valence-corrected chi connectivity index (χ4v) is 3.05. The van der Waals surface area contributed by atoms with Gasteiger partial charge in [-0.25, -0.2) is 4.39 Å². The van der Waals surface area contributed by atoms with Gasteiger partial charge in [0.1, 0.15) is 5.82 Å². The minimum absolute atomic E-state index is 0.143. The fraction of sp³-hybridized carbons (Fsp3) is 0.667. The smallest absolute Gasteiger partial charge is 0.123 e. The Morgan fingerprint density at radius 2 is 2.00 bits per heavy atom. The van der Waals surface area contributed by atoms with Gasteiger partial charge in [-0.2, -0.15) is 0 Å². The van der Waals surface area contributed by atoms with Crippen LogP contribution in [0.4, 0.5) is 4.39 Å². The molecule has 3 heteroatoms. The molecule has 21 heavy (non-hydrogen) atoms. The van der Waals surface area contributed by atoms with Crippen molar-refractivity contribution in [2.24, 2.45) is 5.41 Å². The summed E-state index contributed by atoms with van der Waals surface area (Å²) in [5.74, 6) is -0.143. The lowest BCUT2D eigenvalue weighted by Gasteiger charge is -2.37. The number of piperidine rings is 1. The molecule has 1 heterocycles. The van der Waals surface area contributed by atoms with E-state index in [0.29, 0.717) is 5.41 Å². The van der Waals surface area contributed by atoms with Crippen LogP contribution in [0.3, 0.4) is 0 Å². The summed E-state index contributed by atoms with van der Waals surface area (Å²) in [6.07, 6.45) is 3.59. The zero-order chi connectivity index (χ0) is 15.3. The maximum atomic E-state index is 13.4. The lowest BCUT2D eigenvalue weighted by Crippen LogP contribution is -2.39. The Balaban J connectivity index is 1.89. The molecule has 0 aliphatic carbocycles. The minimum atomic E-state index is -0.143. The highest BCUT2D eigenvalue weighted by Gasteiger charge is 2.25. The van der Waals surface area contributed by atoms with Crippen LogP contribution in [-0.2, 0) is 0 Å². The SMILES string of the molecule is CCNC(CCN1CCC(C)(C)CC1)c1cccc(F)c1. The first kappa shape index (κ1) is 16.4. The monoisotopic (exact) mass is 292 g/mol. The topological polar surface area (TPSA) is 15.3 Å². The second-order valence-electron chi connectivity index (χ2n) is 6.96. The highest BCUT2D eigenvalue weighted by molar-refractivity contribution is 5.20. The van der Waals surface area contributed by atoms with Crippen LogP contribution < -0.4 is 5.32 Å². The van der Waals surface area contributed by atoms with Crippen LogP contribution in [-0.4, -0.2) is 31.1 Å². The number of hydrogen-bond acceptors (Lipinski definition) is 2. The van der Waals surface area contributed by atoms with Crippen molar-refractivity contribution in [2.75, 3.05) is 26.2 Å². The molecular weight excluding hydrogens is 263 g/mol. The molecule has 0 amide bonds. The maximum absolute atomic E-state index is 13.4. The predicted molar refractivity (Wildman–Crippen MR) is 86.9 cm³/mol. The van der Waals surface area contributed by atoms with Crippen molar-refractivity contribution in [3.63, 3.8) is 0 Å². The molecule has 2 nitrogen and oxygen atoms in total. The number of rotatable bonds is 6. The Kier molecular flexibility index (Phi) is 5.77. The molecule has 0 aromatic heterocycles. The molecule has 1 fully saturated rings. The van der Waals surface area contributed by atoms with Gasteiger partial charge in [0, 0.05) is 6.04 Å². The Morgan fingerprint density at radius 3 is 2.62 bits per heavy atom. The summed E-state index contributed by atoms with van der Waals surface area (Å²) < 4.78 is 13.4. The third-order valence-electron chi connectivity index (χ3n) is 4.65. The van der Waals surface area contributed by atoms with Gasteiger partial charge >= 0.3 is 0 Å². The zero-order valence-corrected chi connectivity index (χ0v) is 13.7. The fourth-order valence-electron chi connectivity index (χ4n) is 3.05. The summed E-state index contributed by atoms with van der Waals surface area (Å²) in [5.41, 5.74) is 1.56. The van der Waals surface area contributed by atoms with Gasteiger partial charge in [0.25, 0.3) is 0 Å². The Labute approximate surface area is 128 Å². The van der Waals surface area contributed by atoms with Crippen molar-refractivity contribution in [2.45, 2.75) is 46.1 Å². The van der Waals surface area contributed by atoms with Gasteiger partial charge in [-0.05, 0) is 68.6 Å². The third kappa shape index (κ3) is 5.08.